The minimum Gasteiger partial charge on any atom is -0.471 e. The lowest BCUT2D eigenvalue weighted by Gasteiger charge is -2.08. The maximum Gasteiger partial charge on any atom is 0.320 e. The smallest absolute Gasteiger partial charge is 0.320 e. The molecule has 0 unspecified atom stereocenters. The summed E-state index contributed by atoms with van der Waals surface area (Å²) in [5.74, 6) is -2.30. The highest BCUT2D eigenvalue weighted by Crippen LogP contribution is 2.31. The SMILES string of the molecule is C=CCNC(=O)Nc1snc(OCc2cc(F)c(C)cc2F)c1C(N)=O. The van der Waals surface area contributed by atoms with Gasteiger partial charge < -0.3 is 15.8 Å². The van der Waals surface area contributed by atoms with Gasteiger partial charge in [-0.05, 0) is 36.2 Å². The van der Waals surface area contributed by atoms with Gasteiger partial charge in [0.25, 0.3) is 5.91 Å². The zero-order valence-corrected chi connectivity index (χ0v) is 14.6. The molecular formula is C16H16F2N4O3S. The Bertz CT molecular complexity index is 854. The lowest BCUT2D eigenvalue weighted by atomic mass is 10.1. The summed E-state index contributed by atoms with van der Waals surface area (Å²) < 4.78 is 36.6. The molecule has 0 bridgehead atoms. The van der Waals surface area contributed by atoms with Crippen molar-refractivity contribution in [2.24, 2.45) is 5.73 Å². The van der Waals surface area contributed by atoms with Crippen LogP contribution in [-0.4, -0.2) is 22.9 Å². The number of aryl methyl sites for hydroxylation is 1. The number of halogens is 2. The van der Waals surface area contributed by atoms with Gasteiger partial charge in [-0.25, -0.2) is 13.6 Å². The number of carbonyl (C=O) groups excluding carboxylic acids is 2. The number of primary amides is 1. The van der Waals surface area contributed by atoms with Crippen LogP contribution in [0, 0.1) is 18.6 Å². The fraction of sp³-hybridized carbons (Fsp3) is 0.188. The van der Waals surface area contributed by atoms with Gasteiger partial charge in [0.15, 0.2) is 0 Å². The van der Waals surface area contributed by atoms with Crippen LogP contribution in [0.5, 0.6) is 5.88 Å². The summed E-state index contributed by atoms with van der Waals surface area (Å²) >= 11 is 0.770. The van der Waals surface area contributed by atoms with E-state index in [9.17, 15) is 18.4 Å². The molecule has 2 rings (SSSR count). The number of aromatic nitrogens is 1. The maximum atomic E-state index is 13.9. The van der Waals surface area contributed by atoms with Gasteiger partial charge in [-0.1, -0.05) is 6.08 Å². The first kappa shape index (κ1) is 19.3. The first-order valence-electron chi connectivity index (χ1n) is 7.36. The topological polar surface area (TPSA) is 106 Å². The fourth-order valence-corrected chi connectivity index (χ4v) is 2.67. The van der Waals surface area contributed by atoms with Crippen LogP contribution in [0.3, 0.4) is 0 Å². The highest BCUT2D eigenvalue weighted by atomic mass is 32.1. The number of anilines is 1. The number of amides is 3. The van der Waals surface area contributed by atoms with Gasteiger partial charge in [-0.3, -0.25) is 10.1 Å². The van der Waals surface area contributed by atoms with Gasteiger partial charge in [0.2, 0.25) is 5.88 Å². The Morgan fingerprint density at radius 2 is 2.12 bits per heavy atom. The van der Waals surface area contributed by atoms with Crippen LogP contribution in [-0.2, 0) is 6.61 Å². The molecule has 0 aliphatic rings. The molecule has 0 fully saturated rings. The summed E-state index contributed by atoms with van der Waals surface area (Å²) in [5, 5.41) is 4.95. The summed E-state index contributed by atoms with van der Waals surface area (Å²) in [6.45, 7) is 4.75. The minimum absolute atomic E-state index is 0.0465. The third-order valence-electron chi connectivity index (χ3n) is 3.23. The van der Waals surface area contributed by atoms with Crippen LogP contribution in [0.15, 0.2) is 24.8 Å². The number of hydrogen-bond donors (Lipinski definition) is 3. The average molecular weight is 382 g/mol. The van der Waals surface area contributed by atoms with Gasteiger partial charge in [0, 0.05) is 12.1 Å². The van der Waals surface area contributed by atoms with Crippen LogP contribution < -0.4 is 21.1 Å². The molecule has 0 radical (unpaired) electrons. The number of benzene rings is 1. The number of carbonyl (C=O) groups is 2. The van der Waals surface area contributed by atoms with Crippen LogP contribution >= 0.6 is 11.5 Å². The quantitative estimate of drug-likeness (QED) is 0.640. The maximum absolute atomic E-state index is 13.9. The van der Waals surface area contributed by atoms with Crippen molar-refractivity contribution in [3.05, 3.63) is 53.1 Å². The Kier molecular flexibility index (Phi) is 6.23. The van der Waals surface area contributed by atoms with Crippen molar-refractivity contribution in [3.8, 4) is 5.88 Å². The second-order valence-electron chi connectivity index (χ2n) is 5.16. The lowest BCUT2D eigenvalue weighted by Crippen LogP contribution is -2.29. The second kappa shape index (κ2) is 8.39. The van der Waals surface area contributed by atoms with Crippen molar-refractivity contribution < 1.29 is 23.1 Å². The van der Waals surface area contributed by atoms with E-state index in [0.717, 1.165) is 23.7 Å². The molecule has 0 aliphatic carbocycles. The van der Waals surface area contributed by atoms with E-state index in [-0.39, 0.29) is 40.7 Å². The predicted octanol–water partition coefficient (Wildman–Crippen LogP) is 2.72. The molecule has 0 aliphatic heterocycles. The second-order valence-corrected chi connectivity index (χ2v) is 5.93. The normalized spacial score (nSPS) is 10.3. The van der Waals surface area contributed by atoms with Gasteiger partial charge >= 0.3 is 6.03 Å². The molecule has 3 amide bonds. The van der Waals surface area contributed by atoms with Crippen molar-refractivity contribution in [2.45, 2.75) is 13.5 Å². The van der Waals surface area contributed by atoms with Gasteiger partial charge in [-0.15, -0.1) is 6.58 Å². The molecule has 0 spiro atoms. The summed E-state index contributed by atoms with van der Waals surface area (Å²) in [5.41, 5.74) is 5.26. The van der Waals surface area contributed by atoms with Crippen LogP contribution in [0.1, 0.15) is 21.5 Å². The molecule has 0 saturated carbocycles. The van der Waals surface area contributed by atoms with Crippen LogP contribution in [0.4, 0.5) is 18.6 Å². The van der Waals surface area contributed by atoms with E-state index in [4.69, 9.17) is 10.5 Å². The van der Waals surface area contributed by atoms with Crippen LogP contribution in [0.2, 0.25) is 0 Å². The Morgan fingerprint density at radius 3 is 2.77 bits per heavy atom. The van der Waals surface area contributed by atoms with Gasteiger partial charge in [0.1, 0.15) is 28.8 Å². The number of urea groups is 1. The standard InChI is InChI=1S/C16H16F2N4O3S/c1-3-4-20-16(24)21-15-12(13(19)23)14(22-26-15)25-7-9-6-10(17)8(2)5-11(9)18/h3,5-6H,1,4,7H2,2H3,(H2,19,23)(H2,20,21,24). The van der Waals surface area contributed by atoms with E-state index in [0.29, 0.717) is 0 Å². The number of nitrogens with zero attached hydrogens (tertiary/aromatic N) is 1. The van der Waals surface area contributed by atoms with E-state index in [2.05, 4.69) is 21.6 Å². The third-order valence-corrected chi connectivity index (χ3v) is 3.98. The van der Waals surface area contributed by atoms with E-state index in [1.54, 1.807) is 0 Å². The Labute approximate surface area is 152 Å². The molecule has 0 atom stereocenters. The molecule has 10 heteroatoms. The highest BCUT2D eigenvalue weighted by molar-refractivity contribution is 7.11. The molecular weight excluding hydrogens is 366 g/mol. The molecule has 1 aromatic carbocycles. The largest absolute Gasteiger partial charge is 0.471 e. The first-order chi connectivity index (χ1) is 12.3. The van der Waals surface area contributed by atoms with E-state index >= 15 is 0 Å². The molecule has 1 heterocycles. The summed E-state index contributed by atoms with van der Waals surface area (Å²) in [4.78, 5) is 23.3. The van der Waals surface area contributed by atoms with Crippen LogP contribution in [0.25, 0.3) is 0 Å². The number of nitrogens with two attached hydrogens (primary N) is 1. The lowest BCUT2D eigenvalue weighted by molar-refractivity contribution is 0.0996. The number of hydrogen-bond acceptors (Lipinski definition) is 5. The number of rotatable bonds is 7. The van der Waals surface area contributed by atoms with E-state index in [1.807, 2.05) is 0 Å². The fourth-order valence-electron chi connectivity index (χ4n) is 1.93. The molecule has 0 saturated heterocycles. The molecule has 26 heavy (non-hydrogen) atoms. The Hall–Kier alpha value is -3.01. The van der Waals surface area contributed by atoms with Crippen molar-refractivity contribution in [2.75, 3.05) is 11.9 Å². The van der Waals surface area contributed by atoms with E-state index < -0.39 is 23.6 Å². The number of ether oxygens (including phenoxy) is 1. The molecule has 1 aromatic heterocycles. The highest BCUT2D eigenvalue weighted by Gasteiger charge is 2.22. The summed E-state index contributed by atoms with van der Waals surface area (Å²) in [6, 6.07) is 1.46. The zero-order valence-electron chi connectivity index (χ0n) is 13.8. The van der Waals surface area contributed by atoms with Crippen molar-refractivity contribution >= 4 is 28.5 Å². The molecule has 7 nitrogen and oxygen atoms in total. The minimum atomic E-state index is -0.886. The van der Waals surface area contributed by atoms with Crippen molar-refractivity contribution in [1.82, 2.24) is 9.69 Å². The Balaban J connectivity index is 2.17. The van der Waals surface area contributed by atoms with Crippen molar-refractivity contribution in [3.63, 3.8) is 0 Å². The third kappa shape index (κ3) is 4.54. The van der Waals surface area contributed by atoms with Crippen molar-refractivity contribution in [1.29, 1.82) is 0 Å². The predicted molar refractivity (Wildman–Crippen MR) is 93.3 cm³/mol. The zero-order chi connectivity index (χ0) is 19.3. The first-order valence-corrected chi connectivity index (χ1v) is 8.13. The van der Waals surface area contributed by atoms with E-state index in [1.165, 1.54) is 13.0 Å². The average Bonchev–Trinajstić information content (AvgIpc) is 2.97. The molecule has 2 aromatic rings. The Morgan fingerprint density at radius 1 is 1.38 bits per heavy atom. The molecule has 138 valence electrons. The molecule has 4 N–H and O–H groups in total. The monoisotopic (exact) mass is 382 g/mol. The van der Waals surface area contributed by atoms with Gasteiger partial charge in [-0.2, -0.15) is 4.37 Å². The number of nitrogens with one attached hydrogen (secondary N) is 2. The summed E-state index contributed by atoms with van der Waals surface area (Å²) in [7, 11) is 0. The summed E-state index contributed by atoms with van der Waals surface area (Å²) in [6.07, 6.45) is 1.48. The van der Waals surface area contributed by atoms with Gasteiger partial charge in [0.05, 0.1) is 0 Å².